The van der Waals surface area contributed by atoms with Crippen LogP contribution in [0.25, 0.3) is 11.0 Å². The molecule has 0 bridgehead atoms. The first kappa shape index (κ1) is 24.3. The lowest BCUT2D eigenvalue weighted by atomic mass is 10.1. The molecule has 4 aromatic rings. The van der Waals surface area contributed by atoms with Gasteiger partial charge in [0, 0.05) is 6.54 Å². The van der Waals surface area contributed by atoms with E-state index in [1.165, 1.54) is 11.1 Å². The Hall–Kier alpha value is -3.80. The Morgan fingerprint density at radius 2 is 1.71 bits per heavy atom. The van der Waals surface area contributed by atoms with Crippen LogP contribution in [0.3, 0.4) is 0 Å². The molecule has 6 heteroatoms. The predicted octanol–water partition coefficient (Wildman–Crippen LogP) is 5.43. The number of ether oxygens (including phenoxy) is 2. The lowest BCUT2D eigenvalue weighted by molar-refractivity contribution is -0.123. The van der Waals surface area contributed by atoms with Gasteiger partial charge in [-0.3, -0.25) is 4.79 Å². The molecule has 0 aliphatic heterocycles. The summed E-state index contributed by atoms with van der Waals surface area (Å²) in [5.41, 5.74) is 6.55. The summed E-state index contributed by atoms with van der Waals surface area (Å²) in [4.78, 5) is 17.2. The number of aryl methyl sites for hydroxylation is 5. The van der Waals surface area contributed by atoms with Gasteiger partial charge in [0.1, 0.15) is 17.3 Å². The van der Waals surface area contributed by atoms with Crippen molar-refractivity contribution in [1.82, 2.24) is 14.9 Å². The molecule has 4 rings (SSSR count). The topological polar surface area (TPSA) is 65.4 Å². The second-order valence-electron chi connectivity index (χ2n) is 8.95. The minimum atomic E-state index is -0.178. The normalized spacial score (nSPS) is 11.0. The van der Waals surface area contributed by atoms with Crippen LogP contribution in [0.1, 0.15) is 34.5 Å². The lowest BCUT2D eigenvalue weighted by Gasteiger charge is -2.13. The quantitative estimate of drug-likeness (QED) is 0.313. The first-order chi connectivity index (χ1) is 16.9. The highest BCUT2D eigenvalue weighted by Crippen LogP contribution is 2.20. The Morgan fingerprint density at radius 1 is 0.914 bits per heavy atom. The zero-order chi connectivity index (χ0) is 24.8. The van der Waals surface area contributed by atoms with E-state index in [1.807, 2.05) is 56.3 Å². The maximum absolute atomic E-state index is 12.5. The van der Waals surface area contributed by atoms with Crippen LogP contribution < -0.4 is 14.8 Å². The summed E-state index contributed by atoms with van der Waals surface area (Å²) < 4.78 is 13.9. The molecule has 0 fully saturated rings. The van der Waals surface area contributed by atoms with E-state index >= 15 is 0 Å². The number of amides is 1. The molecule has 35 heavy (non-hydrogen) atoms. The maximum Gasteiger partial charge on any atom is 0.258 e. The molecule has 0 atom stereocenters. The van der Waals surface area contributed by atoms with Crippen molar-refractivity contribution in [3.8, 4) is 11.5 Å². The molecular weight excluding hydrogens is 438 g/mol. The van der Waals surface area contributed by atoms with Gasteiger partial charge in [0.05, 0.1) is 24.2 Å². The van der Waals surface area contributed by atoms with Crippen LogP contribution in [0.15, 0.2) is 60.7 Å². The minimum Gasteiger partial charge on any atom is -0.494 e. The van der Waals surface area contributed by atoms with Crippen LogP contribution in [-0.4, -0.2) is 28.7 Å². The van der Waals surface area contributed by atoms with Crippen LogP contribution >= 0.6 is 0 Å². The summed E-state index contributed by atoms with van der Waals surface area (Å²) in [6, 6.07) is 20.2. The third-order valence-corrected chi connectivity index (χ3v) is 6.15. The van der Waals surface area contributed by atoms with Crippen molar-refractivity contribution in [1.29, 1.82) is 0 Å². The van der Waals surface area contributed by atoms with E-state index in [9.17, 15) is 4.79 Å². The van der Waals surface area contributed by atoms with Crippen molar-refractivity contribution in [3.05, 3.63) is 88.7 Å². The third kappa shape index (κ3) is 6.21. The number of benzene rings is 3. The van der Waals surface area contributed by atoms with Crippen LogP contribution in [0.5, 0.6) is 11.5 Å². The van der Waals surface area contributed by atoms with Gasteiger partial charge in [0.15, 0.2) is 6.61 Å². The van der Waals surface area contributed by atoms with Gasteiger partial charge in [-0.25, -0.2) is 4.98 Å². The van der Waals surface area contributed by atoms with Crippen molar-refractivity contribution in [3.63, 3.8) is 0 Å². The molecule has 0 saturated heterocycles. The van der Waals surface area contributed by atoms with Crippen LogP contribution in [0.4, 0.5) is 0 Å². The molecule has 0 saturated carbocycles. The number of hydrogen-bond acceptors (Lipinski definition) is 4. The number of aromatic nitrogens is 2. The molecule has 0 spiro atoms. The molecule has 1 heterocycles. The number of nitrogens with zero attached hydrogens (tertiary/aromatic N) is 2. The van der Waals surface area contributed by atoms with Gasteiger partial charge >= 0.3 is 0 Å². The first-order valence-electron chi connectivity index (χ1n) is 12.0. The highest BCUT2D eigenvalue weighted by atomic mass is 16.5. The van der Waals surface area contributed by atoms with E-state index in [-0.39, 0.29) is 12.5 Å². The number of imidazole rings is 1. The fourth-order valence-electron chi connectivity index (χ4n) is 3.96. The minimum absolute atomic E-state index is 0.0334. The lowest BCUT2D eigenvalue weighted by Crippen LogP contribution is -2.29. The van der Waals surface area contributed by atoms with Gasteiger partial charge in [-0.15, -0.1) is 0 Å². The molecule has 1 N–H and O–H groups in total. The van der Waals surface area contributed by atoms with Gasteiger partial charge < -0.3 is 19.4 Å². The number of fused-ring (bicyclic) bond motifs is 1. The van der Waals surface area contributed by atoms with E-state index in [1.54, 1.807) is 0 Å². The third-order valence-electron chi connectivity index (χ3n) is 6.15. The maximum atomic E-state index is 12.5. The number of para-hydroxylation sites is 2. The van der Waals surface area contributed by atoms with E-state index < -0.39 is 0 Å². The standard InChI is InChI=1S/C29H33N3O3/c1-20-10-11-22(3)27(16-20)35-19-29(33)30-18-28-31-25-8-5-6-9-26(25)32(28)14-7-15-34-24-13-12-21(2)23(4)17-24/h5-6,8-13,16-17H,7,14-15,18-19H2,1-4H3,(H,30,33). The smallest absolute Gasteiger partial charge is 0.258 e. The molecular formula is C29H33N3O3. The Kier molecular flexibility index (Phi) is 7.70. The number of nitrogens with one attached hydrogen (secondary N) is 1. The Labute approximate surface area is 206 Å². The van der Waals surface area contributed by atoms with E-state index in [0.29, 0.717) is 13.2 Å². The fourth-order valence-corrected chi connectivity index (χ4v) is 3.96. The number of rotatable bonds is 10. The summed E-state index contributed by atoms with van der Waals surface area (Å²) >= 11 is 0. The molecule has 1 aromatic heterocycles. The largest absolute Gasteiger partial charge is 0.494 e. The fraction of sp³-hybridized carbons (Fsp3) is 0.310. The summed E-state index contributed by atoms with van der Waals surface area (Å²) in [6.45, 7) is 9.81. The van der Waals surface area contributed by atoms with E-state index in [0.717, 1.165) is 52.4 Å². The SMILES string of the molecule is Cc1ccc(C)c(OCC(=O)NCc2nc3ccccc3n2CCCOc2ccc(C)c(C)c2)c1. The van der Waals surface area contributed by atoms with Gasteiger partial charge in [-0.1, -0.05) is 30.3 Å². The zero-order valence-corrected chi connectivity index (χ0v) is 20.9. The monoisotopic (exact) mass is 471 g/mol. The number of carbonyl (C=O) groups is 1. The molecule has 3 aromatic carbocycles. The second-order valence-corrected chi connectivity index (χ2v) is 8.95. The highest BCUT2D eigenvalue weighted by molar-refractivity contribution is 5.78. The zero-order valence-electron chi connectivity index (χ0n) is 20.9. The molecule has 1 amide bonds. The van der Waals surface area contributed by atoms with Gasteiger partial charge in [0.25, 0.3) is 5.91 Å². The Balaban J connectivity index is 1.35. The second kappa shape index (κ2) is 11.1. The van der Waals surface area contributed by atoms with Gasteiger partial charge in [-0.2, -0.15) is 0 Å². The van der Waals surface area contributed by atoms with Crippen molar-refractivity contribution in [2.45, 2.75) is 47.2 Å². The molecule has 0 aliphatic rings. The molecule has 0 unspecified atom stereocenters. The Bertz CT molecular complexity index is 1330. The molecule has 6 nitrogen and oxygen atoms in total. The molecule has 182 valence electrons. The summed E-state index contributed by atoms with van der Waals surface area (Å²) in [6.07, 6.45) is 0.823. The van der Waals surface area contributed by atoms with E-state index in [4.69, 9.17) is 14.5 Å². The average molecular weight is 472 g/mol. The Morgan fingerprint density at radius 3 is 2.54 bits per heavy atom. The van der Waals surface area contributed by atoms with Gasteiger partial charge in [-0.05, 0) is 86.7 Å². The van der Waals surface area contributed by atoms with Crippen LogP contribution in [0.2, 0.25) is 0 Å². The number of hydrogen-bond donors (Lipinski definition) is 1. The summed E-state index contributed by atoms with van der Waals surface area (Å²) in [5, 5.41) is 2.95. The van der Waals surface area contributed by atoms with Crippen molar-refractivity contribution in [2.24, 2.45) is 0 Å². The van der Waals surface area contributed by atoms with Crippen LogP contribution in [0, 0.1) is 27.7 Å². The highest BCUT2D eigenvalue weighted by Gasteiger charge is 2.12. The molecule has 0 radical (unpaired) electrons. The predicted molar refractivity (Wildman–Crippen MR) is 139 cm³/mol. The number of carbonyl (C=O) groups excluding carboxylic acids is 1. The molecule has 0 aliphatic carbocycles. The summed E-state index contributed by atoms with van der Waals surface area (Å²) in [7, 11) is 0. The van der Waals surface area contributed by atoms with Crippen LogP contribution in [-0.2, 0) is 17.9 Å². The summed E-state index contributed by atoms with van der Waals surface area (Å²) in [5.74, 6) is 2.26. The van der Waals surface area contributed by atoms with E-state index in [2.05, 4.69) is 41.9 Å². The van der Waals surface area contributed by atoms with Crippen molar-refractivity contribution >= 4 is 16.9 Å². The van der Waals surface area contributed by atoms with Crippen molar-refractivity contribution in [2.75, 3.05) is 13.2 Å². The van der Waals surface area contributed by atoms with Gasteiger partial charge in [0.2, 0.25) is 0 Å². The first-order valence-corrected chi connectivity index (χ1v) is 12.0. The average Bonchev–Trinajstić information content (AvgIpc) is 3.20. The van der Waals surface area contributed by atoms with Crippen molar-refractivity contribution < 1.29 is 14.3 Å².